The summed E-state index contributed by atoms with van der Waals surface area (Å²) in [5.41, 5.74) is 1.32. The second-order valence-corrected chi connectivity index (χ2v) is 7.81. The highest BCUT2D eigenvalue weighted by molar-refractivity contribution is 7.13. The van der Waals surface area contributed by atoms with Gasteiger partial charge in [-0.2, -0.15) is 0 Å². The molecule has 4 aromatic rings. The Labute approximate surface area is 192 Å². The largest absolute Gasteiger partial charge is 0.486 e. The highest BCUT2D eigenvalue weighted by Gasteiger charge is 2.15. The standard InChI is InChI=1S/C23H18FN5O3S/c24-18-6-1-2-7-19(18)27-22(31)23-29-28-20(33-23)14-32-17-10-8-15(9-11-17)21(30)26-13-16-5-3-4-12-25-16/h1-12H,13-14H2,(H,26,30)(H,27,31). The Hall–Kier alpha value is -4.18. The van der Waals surface area contributed by atoms with Crippen molar-refractivity contribution in [3.63, 3.8) is 0 Å². The average Bonchev–Trinajstić information content (AvgIpc) is 3.33. The second-order valence-electron chi connectivity index (χ2n) is 6.75. The summed E-state index contributed by atoms with van der Waals surface area (Å²) in [5.74, 6) is -0.775. The highest BCUT2D eigenvalue weighted by atomic mass is 32.1. The van der Waals surface area contributed by atoms with E-state index in [9.17, 15) is 14.0 Å². The summed E-state index contributed by atoms with van der Waals surface area (Å²) in [4.78, 5) is 28.7. The van der Waals surface area contributed by atoms with Crippen LogP contribution in [0.4, 0.5) is 10.1 Å². The minimum atomic E-state index is -0.551. The fourth-order valence-corrected chi connectivity index (χ4v) is 3.41. The van der Waals surface area contributed by atoms with Crippen LogP contribution in [-0.2, 0) is 13.2 Å². The van der Waals surface area contributed by atoms with Crippen molar-refractivity contribution in [2.24, 2.45) is 0 Å². The fraction of sp³-hybridized carbons (Fsp3) is 0.0870. The zero-order valence-corrected chi connectivity index (χ0v) is 18.0. The Morgan fingerprint density at radius 3 is 2.48 bits per heavy atom. The van der Waals surface area contributed by atoms with Crippen LogP contribution in [0.5, 0.6) is 5.75 Å². The molecule has 0 fully saturated rings. The molecule has 0 aliphatic rings. The first-order chi connectivity index (χ1) is 16.1. The highest BCUT2D eigenvalue weighted by Crippen LogP contribution is 2.18. The van der Waals surface area contributed by atoms with E-state index in [2.05, 4.69) is 25.8 Å². The molecule has 8 nitrogen and oxygen atoms in total. The van der Waals surface area contributed by atoms with E-state index in [0.717, 1.165) is 17.0 Å². The number of nitrogens with one attached hydrogen (secondary N) is 2. The van der Waals surface area contributed by atoms with Crippen molar-refractivity contribution in [3.8, 4) is 5.75 Å². The molecule has 2 aromatic heterocycles. The predicted octanol–water partition coefficient (Wildman–Crippen LogP) is 3.83. The Morgan fingerprint density at radius 2 is 1.73 bits per heavy atom. The van der Waals surface area contributed by atoms with E-state index in [4.69, 9.17) is 4.74 Å². The first-order valence-electron chi connectivity index (χ1n) is 9.88. The molecule has 0 bridgehead atoms. The second kappa shape index (κ2) is 10.4. The lowest BCUT2D eigenvalue weighted by atomic mass is 10.2. The van der Waals surface area contributed by atoms with Gasteiger partial charge in [-0.3, -0.25) is 14.6 Å². The molecular formula is C23H18FN5O3S. The van der Waals surface area contributed by atoms with E-state index in [-0.39, 0.29) is 23.2 Å². The lowest BCUT2D eigenvalue weighted by molar-refractivity contribution is 0.0949. The van der Waals surface area contributed by atoms with E-state index in [0.29, 0.717) is 22.9 Å². The average molecular weight is 463 g/mol. The molecular weight excluding hydrogens is 445 g/mol. The number of hydrogen-bond acceptors (Lipinski definition) is 7. The van der Waals surface area contributed by atoms with Crippen molar-refractivity contribution < 1.29 is 18.7 Å². The van der Waals surface area contributed by atoms with Gasteiger partial charge in [0, 0.05) is 11.8 Å². The molecule has 0 saturated carbocycles. The van der Waals surface area contributed by atoms with Gasteiger partial charge < -0.3 is 15.4 Å². The molecule has 0 aliphatic carbocycles. The number of rotatable bonds is 8. The van der Waals surface area contributed by atoms with Crippen LogP contribution >= 0.6 is 11.3 Å². The number of aromatic nitrogens is 3. The SMILES string of the molecule is O=C(NCc1ccccn1)c1ccc(OCc2nnc(C(=O)Nc3ccccc3F)s2)cc1. The molecule has 0 saturated heterocycles. The monoisotopic (exact) mass is 463 g/mol. The van der Waals surface area contributed by atoms with Crippen molar-refractivity contribution in [1.29, 1.82) is 0 Å². The fourth-order valence-electron chi connectivity index (χ4n) is 2.77. The number of ether oxygens (including phenoxy) is 1. The van der Waals surface area contributed by atoms with E-state index in [1.165, 1.54) is 18.2 Å². The van der Waals surface area contributed by atoms with Gasteiger partial charge in [-0.25, -0.2) is 4.39 Å². The van der Waals surface area contributed by atoms with Gasteiger partial charge in [-0.1, -0.05) is 29.5 Å². The van der Waals surface area contributed by atoms with Crippen LogP contribution in [0.2, 0.25) is 0 Å². The van der Waals surface area contributed by atoms with Gasteiger partial charge in [0.2, 0.25) is 5.01 Å². The first-order valence-corrected chi connectivity index (χ1v) is 10.7. The number of para-hydroxylation sites is 1. The van der Waals surface area contributed by atoms with Crippen LogP contribution in [-0.4, -0.2) is 27.0 Å². The number of carbonyl (C=O) groups excluding carboxylic acids is 2. The third-order valence-corrected chi connectivity index (χ3v) is 5.31. The number of anilines is 1. The number of pyridine rings is 1. The topological polar surface area (TPSA) is 106 Å². The molecule has 2 aromatic carbocycles. The number of benzene rings is 2. The number of amides is 2. The van der Waals surface area contributed by atoms with Crippen LogP contribution in [0, 0.1) is 5.82 Å². The zero-order chi connectivity index (χ0) is 23.0. The molecule has 10 heteroatoms. The van der Waals surface area contributed by atoms with Crippen molar-refractivity contribution in [1.82, 2.24) is 20.5 Å². The van der Waals surface area contributed by atoms with Gasteiger partial charge in [0.25, 0.3) is 11.8 Å². The predicted molar refractivity (Wildman–Crippen MR) is 120 cm³/mol. The van der Waals surface area contributed by atoms with Crippen LogP contribution in [0.15, 0.2) is 72.9 Å². The molecule has 33 heavy (non-hydrogen) atoms. The van der Waals surface area contributed by atoms with Gasteiger partial charge >= 0.3 is 0 Å². The van der Waals surface area contributed by atoms with Gasteiger partial charge in [-0.05, 0) is 48.5 Å². The van der Waals surface area contributed by atoms with Gasteiger partial charge in [0.05, 0.1) is 17.9 Å². The Balaban J connectivity index is 1.28. The summed E-state index contributed by atoms with van der Waals surface area (Å²) >= 11 is 1.05. The number of hydrogen-bond donors (Lipinski definition) is 2. The number of halogens is 1. The van der Waals surface area contributed by atoms with Crippen LogP contribution < -0.4 is 15.4 Å². The Bertz CT molecular complexity index is 1250. The molecule has 2 heterocycles. The summed E-state index contributed by atoms with van der Waals surface area (Å²) in [6.45, 7) is 0.428. The lowest BCUT2D eigenvalue weighted by Gasteiger charge is -2.07. The maximum absolute atomic E-state index is 13.7. The molecule has 0 radical (unpaired) electrons. The quantitative estimate of drug-likeness (QED) is 0.411. The van der Waals surface area contributed by atoms with Crippen molar-refractivity contribution in [3.05, 3.63) is 100 Å². The Kier molecular flexibility index (Phi) is 6.96. The summed E-state index contributed by atoms with van der Waals surface area (Å²) in [5, 5.41) is 13.6. The molecule has 0 atom stereocenters. The van der Waals surface area contributed by atoms with Crippen molar-refractivity contribution >= 4 is 28.8 Å². The van der Waals surface area contributed by atoms with Gasteiger partial charge in [0.15, 0.2) is 5.01 Å². The van der Waals surface area contributed by atoms with Crippen LogP contribution in [0.1, 0.15) is 30.9 Å². The summed E-state index contributed by atoms with van der Waals surface area (Å²) in [6, 6.07) is 18.0. The first kappa shape index (κ1) is 22.0. The summed E-state index contributed by atoms with van der Waals surface area (Å²) in [7, 11) is 0. The number of carbonyl (C=O) groups is 2. The zero-order valence-electron chi connectivity index (χ0n) is 17.2. The molecule has 2 amide bonds. The molecule has 166 valence electrons. The minimum Gasteiger partial charge on any atom is -0.486 e. The third kappa shape index (κ3) is 5.95. The van der Waals surface area contributed by atoms with Crippen LogP contribution in [0.3, 0.4) is 0 Å². The maximum atomic E-state index is 13.7. The van der Waals surface area contributed by atoms with Gasteiger partial charge in [0.1, 0.15) is 18.2 Å². The van der Waals surface area contributed by atoms with Gasteiger partial charge in [-0.15, -0.1) is 10.2 Å². The molecule has 0 spiro atoms. The molecule has 0 aliphatic heterocycles. The van der Waals surface area contributed by atoms with E-state index in [1.807, 2.05) is 18.2 Å². The van der Waals surface area contributed by atoms with Crippen molar-refractivity contribution in [2.75, 3.05) is 5.32 Å². The minimum absolute atomic E-state index is 0.0691. The van der Waals surface area contributed by atoms with E-state index < -0.39 is 11.7 Å². The normalized spacial score (nSPS) is 10.5. The molecule has 4 rings (SSSR count). The molecule has 0 unspecified atom stereocenters. The van der Waals surface area contributed by atoms with Crippen molar-refractivity contribution in [2.45, 2.75) is 13.2 Å². The summed E-state index contributed by atoms with van der Waals surface area (Å²) in [6.07, 6.45) is 1.67. The smallest absolute Gasteiger partial charge is 0.286 e. The molecule has 2 N–H and O–H groups in total. The van der Waals surface area contributed by atoms with Crippen LogP contribution in [0.25, 0.3) is 0 Å². The number of nitrogens with zero attached hydrogens (tertiary/aromatic N) is 3. The lowest BCUT2D eigenvalue weighted by Crippen LogP contribution is -2.23. The maximum Gasteiger partial charge on any atom is 0.286 e. The third-order valence-electron chi connectivity index (χ3n) is 4.42. The summed E-state index contributed by atoms with van der Waals surface area (Å²) < 4.78 is 19.3. The van der Waals surface area contributed by atoms with E-state index in [1.54, 1.807) is 36.5 Å². The Morgan fingerprint density at radius 1 is 0.939 bits per heavy atom. The van der Waals surface area contributed by atoms with E-state index >= 15 is 0 Å².